The minimum absolute atomic E-state index is 0.00342. The highest BCUT2D eigenvalue weighted by atomic mass is 35.5. The molecule has 0 fully saturated rings. The first-order valence-corrected chi connectivity index (χ1v) is 10.1. The number of hydrogen-bond donors (Lipinski definition) is 0. The van der Waals surface area contributed by atoms with Crippen LogP contribution in [0, 0.1) is 0 Å². The number of anilines is 1. The van der Waals surface area contributed by atoms with Gasteiger partial charge in [0.05, 0.1) is 24.4 Å². The van der Waals surface area contributed by atoms with Crippen molar-refractivity contribution in [2.45, 2.75) is 24.9 Å². The highest BCUT2D eigenvalue weighted by Gasteiger charge is 2.49. The zero-order valence-electron chi connectivity index (χ0n) is 15.0. The Hall–Kier alpha value is -2.46. The number of fused-ring (bicyclic) bond motifs is 1. The first-order valence-electron chi connectivity index (χ1n) is 8.29. The third-order valence-corrected chi connectivity index (χ3v) is 5.60. The number of alkyl halides is 3. The van der Waals surface area contributed by atoms with Gasteiger partial charge < -0.3 is 13.8 Å². The molecule has 0 unspecified atom stereocenters. The highest BCUT2D eigenvalue weighted by molar-refractivity contribution is 7.88. The van der Waals surface area contributed by atoms with Crippen molar-refractivity contribution in [3.05, 3.63) is 52.5 Å². The van der Waals surface area contributed by atoms with E-state index in [4.69, 9.17) is 16.3 Å². The van der Waals surface area contributed by atoms with Gasteiger partial charge in [-0.25, -0.2) is 0 Å². The molecule has 1 amide bonds. The van der Waals surface area contributed by atoms with Crippen LogP contribution in [0.2, 0.25) is 5.02 Å². The minimum Gasteiger partial charge on any atom is -0.497 e. The van der Waals surface area contributed by atoms with Crippen molar-refractivity contribution in [1.82, 2.24) is 0 Å². The number of amides is 1. The Labute approximate surface area is 169 Å². The largest absolute Gasteiger partial charge is 0.534 e. The van der Waals surface area contributed by atoms with Crippen molar-refractivity contribution in [3.8, 4) is 11.5 Å². The molecule has 0 aromatic heterocycles. The number of benzene rings is 2. The predicted molar refractivity (Wildman–Crippen MR) is 99.6 cm³/mol. The summed E-state index contributed by atoms with van der Waals surface area (Å²) in [6, 6.07) is 9.09. The van der Waals surface area contributed by atoms with E-state index in [1.165, 1.54) is 18.1 Å². The minimum atomic E-state index is -5.86. The number of nitrogens with zero attached hydrogens (tertiary/aromatic N) is 1. The Morgan fingerprint density at radius 3 is 2.34 bits per heavy atom. The molecule has 156 valence electrons. The maximum Gasteiger partial charge on any atom is 0.534 e. The molecule has 0 saturated heterocycles. The summed E-state index contributed by atoms with van der Waals surface area (Å²) in [4.78, 5) is 13.8. The number of hydrogen-bond acceptors (Lipinski definition) is 5. The van der Waals surface area contributed by atoms with Crippen molar-refractivity contribution in [1.29, 1.82) is 0 Å². The standard InChI is InChI=1S/C18H15ClF3NO5S/c1-27-12-4-2-11(3-5-12)10-23-16(24)9-6-13-15(8-7-14(19)17(13)23)28-29(25,26)18(20,21)22/h2-5,7-8H,6,9-10H2,1H3. The Morgan fingerprint density at radius 1 is 1.10 bits per heavy atom. The van der Waals surface area contributed by atoms with Gasteiger partial charge in [-0.05, 0) is 36.2 Å². The van der Waals surface area contributed by atoms with E-state index >= 15 is 0 Å². The lowest BCUT2D eigenvalue weighted by molar-refractivity contribution is -0.119. The van der Waals surface area contributed by atoms with Crippen LogP contribution in [0.5, 0.6) is 11.5 Å². The number of rotatable bonds is 5. The molecular formula is C18H15ClF3NO5S. The van der Waals surface area contributed by atoms with Gasteiger partial charge in [0.15, 0.2) is 0 Å². The average molecular weight is 450 g/mol. The summed E-state index contributed by atoms with van der Waals surface area (Å²) in [6.45, 7) is 0.0883. The van der Waals surface area contributed by atoms with Gasteiger partial charge in [-0.3, -0.25) is 4.79 Å². The van der Waals surface area contributed by atoms with Crippen LogP contribution < -0.4 is 13.8 Å². The smallest absolute Gasteiger partial charge is 0.497 e. The van der Waals surface area contributed by atoms with Crippen LogP contribution in [0.4, 0.5) is 18.9 Å². The summed E-state index contributed by atoms with van der Waals surface area (Å²) >= 11 is 6.21. The van der Waals surface area contributed by atoms with Gasteiger partial charge in [0, 0.05) is 12.0 Å². The Morgan fingerprint density at radius 2 is 1.76 bits per heavy atom. The molecule has 1 heterocycles. The van der Waals surface area contributed by atoms with Crippen LogP contribution in [0.25, 0.3) is 0 Å². The van der Waals surface area contributed by atoms with Gasteiger partial charge in [0.1, 0.15) is 11.5 Å². The second kappa shape index (κ2) is 7.75. The van der Waals surface area contributed by atoms with Crippen molar-refractivity contribution < 1.29 is 35.3 Å². The van der Waals surface area contributed by atoms with Crippen molar-refractivity contribution >= 4 is 33.3 Å². The first-order chi connectivity index (χ1) is 13.5. The Bertz CT molecular complexity index is 1040. The van der Waals surface area contributed by atoms with Crippen LogP contribution in [-0.2, 0) is 27.9 Å². The average Bonchev–Trinajstić information content (AvgIpc) is 2.65. The highest BCUT2D eigenvalue weighted by Crippen LogP contribution is 2.42. The lowest BCUT2D eigenvalue weighted by atomic mass is 9.99. The molecule has 11 heteroatoms. The fourth-order valence-corrected chi connectivity index (χ4v) is 3.70. The second-order valence-electron chi connectivity index (χ2n) is 6.18. The molecule has 0 radical (unpaired) electrons. The van der Waals surface area contributed by atoms with Crippen molar-refractivity contribution in [2.24, 2.45) is 0 Å². The third kappa shape index (κ3) is 4.27. The molecule has 0 N–H and O–H groups in total. The molecule has 1 aliphatic heterocycles. The maximum absolute atomic E-state index is 12.7. The van der Waals surface area contributed by atoms with Gasteiger partial charge in [-0.15, -0.1) is 0 Å². The van der Waals surface area contributed by atoms with Gasteiger partial charge in [0.2, 0.25) is 5.91 Å². The quantitative estimate of drug-likeness (QED) is 0.508. The van der Waals surface area contributed by atoms with E-state index in [2.05, 4.69) is 4.18 Å². The van der Waals surface area contributed by atoms with Gasteiger partial charge in [-0.2, -0.15) is 21.6 Å². The normalized spacial score (nSPS) is 14.5. The Kier molecular flexibility index (Phi) is 5.68. The lowest BCUT2D eigenvalue weighted by Gasteiger charge is -2.31. The second-order valence-corrected chi connectivity index (χ2v) is 8.13. The molecule has 0 atom stereocenters. The Balaban J connectivity index is 2.00. The van der Waals surface area contributed by atoms with Gasteiger partial charge in [0.25, 0.3) is 0 Å². The van der Waals surface area contributed by atoms with Crippen LogP contribution in [0.3, 0.4) is 0 Å². The molecule has 29 heavy (non-hydrogen) atoms. The molecule has 3 rings (SSSR count). The number of ether oxygens (including phenoxy) is 1. The molecule has 0 bridgehead atoms. The van der Waals surface area contributed by atoms with Gasteiger partial charge >= 0.3 is 15.6 Å². The van der Waals surface area contributed by atoms with E-state index in [9.17, 15) is 26.4 Å². The number of halogens is 4. The van der Waals surface area contributed by atoms with Crippen LogP contribution in [-0.4, -0.2) is 26.9 Å². The monoisotopic (exact) mass is 449 g/mol. The number of carbonyl (C=O) groups is 1. The molecule has 1 aliphatic rings. The van der Waals surface area contributed by atoms with Gasteiger partial charge in [-0.1, -0.05) is 23.7 Å². The van der Waals surface area contributed by atoms with E-state index in [0.29, 0.717) is 5.75 Å². The molecule has 6 nitrogen and oxygen atoms in total. The molecule has 2 aromatic rings. The van der Waals surface area contributed by atoms with E-state index in [0.717, 1.165) is 11.6 Å². The van der Waals surface area contributed by atoms with Crippen molar-refractivity contribution in [2.75, 3.05) is 12.0 Å². The fraction of sp³-hybridized carbons (Fsp3) is 0.278. The molecule has 0 spiro atoms. The summed E-state index contributed by atoms with van der Waals surface area (Å²) in [6.07, 6.45) is -0.0392. The summed E-state index contributed by atoms with van der Waals surface area (Å²) in [5, 5.41) is 0.0957. The number of methoxy groups -OCH3 is 1. The summed E-state index contributed by atoms with van der Waals surface area (Å²) in [5.41, 5.74) is -4.60. The van der Waals surface area contributed by atoms with Crippen LogP contribution in [0.1, 0.15) is 17.5 Å². The molecular weight excluding hydrogens is 435 g/mol. The van der Waals surface area contributed by atoms with Crippen LogP contribution in [0.15, 0.2) is 36.4 Å². The van der Waals surface area contributed by atoms with E-state index in [-0.39, 0.29) is 41.6 Å². The summed E-state index contributed by atoms with van der Waals surface area (Å²) in [7, 11) is -4.35. The topological polar surface area (TPSA) is 72.9 Å². The SMILES string of the molecule is COc1ccc(CN2C(=O)CCc3c(OS(=O)(=O)C(F)(F)F)ccc(Cl)c32)cc1. The molecule has 0 aliphatic carbocycles. The van der Waals surface area contributed by atoms with E-state index < -0.39 is 21.4 Å². The number of carbonyl (C=O) groups excluding carboxylic acids is 1. The molecule has 2 aromatic carbocycles. The van der Waals surface area contributed by atoms with E-state index in [1.807, 2.05) is 0 Å². The van der Waals surface area contributed by atoms with Crippen molar-refractivity contribution in [3.63, 3.8) is 0 Å². The zero-order chi connectivity index (χ0) is 21.4. The third-order valence-electron chi connectivity index (χ3n) is 4.33. The predicted octanol–water partition coefficient (Wildman–Crippen LogP) is 4.06. The van der Waals surface area contributed by atoms with E-state index in [1.54, 1.807) is 24.3 Å². The lowest BCUT2D eigenvalue weighted by Crippen LogP contribution is -2.35. The summed E-state index contributed by atoms with van der Waals surface area (Å²) in [5.74, 6) is -0.190. The maximum atomic E-state index is 12.7. The fourth-order valence-electron chi connectivity index (χ4n) is 2.94. The molecule has 0 saturated carbocycles. The first kappa shape index (κ1) is 21.3. The zero-order valence-corrected chi connectivity index (χ0v) is 16.6. The summed E-state index contributed by atoms with van der Waals surface area (Å²) < 4.78 is 70.3. The van der Waals surface area contributed by atoms with Crippen LogP contribution >= 0.6 is 11.6 Å².